The highest BCUT2D eigenvalue weighted by atomic mass is 19.4. The molecule has 1 aliphatic rings. The van der Waals surface area contributed by atoms with E-state index in [-0.39, 0.29) is 17.7 Å². The molecule has 1 aromatic carbocycles. The molecule has 5 rings (SSSR count). The number of hydrogen-bond acceptors (Lipinski definition) is 5. The first-order valence-electron chi connectivity index (χ1n) is 10.0. The largest absolute Gasteiger partial charge is 0.419 e. The lowest BCUT2D eigenvalue weighted by molar-refractivity contribution is -0.137. The molecule has 4 heterocycles. The topological polar surface area (TPSA) is 83.5 Å². The van der Waals surface area contributed by atoms with Crippen molar-refractivity contribution >= 4 is 16.9 Å². The summed E-state index contributed by atoms with van der Waals surface area (Å²) in [4.78, 5) is 15.3. The Hall–Kier alpha value is -3.40. The van der Waals surface area contributed by atoms with E-state index in [1.165, 1.54) is 0 Å². The third kappa shape index (κ3) is 3.86. The predicted octanol–water partition coefficient (Wildman–Crippen LogP) is 3.99. The van der Waals surface area contributed by atoms with E-state index in [9.17, 15) is 13.2 Å². The van der Waals surface area contributed by atoms with Gasteiger partial charge in [0.05, 0.1) is 12.0 Å². The molecule has 3 N–H and O–H groups in total. The highest BCUT2D eigenvalue weighted by Gasteiger charge is 2.36. The molecule has 10 heteroatoms. The van der Waals surface area contributed by atoms with Gasteiger partial charge in [0, 0.05) is 59.5 Å². The second-order valence-electron chi connectivity index (χ2n) is 7.54. The van der Waals surface area contributed by atoms with E-state index in [4.69, 9.17) is 0 Å². The first-order chi connectivity index (χ1) is 15.0. The Kier molecular flexibility index (Phi) is 4.85. The maximum absolute atomic E-state index is 13.7. The number of halogens is 3. The summed E-state index contributed by atoms with van der Waals surface area (Å²) in [7, 11) is 0. The molecule has 1 saturated heterocycles. The molecule has 0 radical (unpaired) electrons. The van der Waals surface area contributed by atoms with E-state index in [1.807, 2.05) is 16.7 Å². The van der Waals surface area contributed by atoms with Crippen LogP contribution in [0.15, 0.2) is 49.3 Å². The lowest BCUT2D eigenvalue weighted by Gasteiger charge is -2.24. The van der Waals surface area contributed by atoms with Crippen LogP contribution in [0.3, 0.4) is 0 Å². The van der Waals surface area contributed by atoms with Gasteiger partial charge in [-0.25, -0.2) is 15.0 Å². The van der Waals surface area contributed by atoms with Gasteiger partial charge in [0.1, 0.15) is 5.56 Å². The molecule has 7 nitrogen and oxygen atoms in total. The van der Waals surface area contributed by atoms with Crippen LogP contribution < -0.4 is 10.6 Å². The number of nitrogens with zero attached hydrogens (tertiary/aromatic N) is 4. The summed E-state index contributed by atoms with van der Waals surface area (Å²) in [5.41, 5.74) is 0.935. The molecule has 31 heavy (non-hydrogen) atoms. The smallest absolute Gasteiger partial charge is 0.360 e. The standard InChI is InChI=1S/C21H20F3N7/c22-21(23,24)17-11-28-20(29-13-2-1-5-25-9-13)30-19(17)16-10-27-18-8-14(3-4-15(16)18)31-7-6-26-12-31/h3-4,6-8,10-13,25,27H,1-2,5,9H2,(H,28,29,30)/t13-/m0/s1. The van der Waals surface area contributed by atoms with Gasteiger partial charge in [-0.15, -0.1) is 0 Å². The van der Waals surface area contributed by atoms with Crippen LogP contribution in [0.5, 0.6) is 0 Å². The number of hydrogen-bond donors (Lipinski definition) is 3. The number of H-pyrrole nitrogens is 1. The molecule has 160 valence electrons. The fourth-order valence-corrected chi connectivity index (χ4v) is 3.90. The number of aromatic nitrogens is 5. The van der Waals surface area contributed by atoms with Gasteiger partial charge in [0.2, 0.25) is 5.95 Å². The molecule has 4 aromatic rings. The second-order valence-corrected chi connectivity index (χ2v) is 7.54. The van der Waals surface area contributed by atoms with Crippen molar-refractivity contribution in [3.05, 3.63) is 54.9 Å². The number of alkyl halides is 3. The number of rotatable bonds is 4. The van der Waals surface area contributed by atoms with Crippen molar-refractivity contribution in [1.82, 2.24) is 29.8 Å². The van der Waals surface area contributed by atoms with Crippen molar-refractivity contribution in [3.8, 4) is 16.9 Å². The summed E-state index contributed by atoms with van der Waals surface area (Å²) < 4.78 is 43.1. The summed E-state index contributed by atoms with van der Waals surface area (Å²) in [6.45, 7) is 1.66. The number of aromatic amines is 1. The Bertz CT molecular complexity index is 1190. The van der Waals surface area contributed by atoms with Crippen molar-refractivity contribution in [2.45, 2.75) is 25.1 Å². The Morgan fingerprint density at radius 1 is 1.23 bits per heavy atom. The first-order valence-corrected chi connectivity index (χ1v) is 10.0. The molecule has 0 spiro atoms. The lowest BCUT2D eigenvalue weighted by atomic mass is 10.1. The van der Waals surface area contributed by atoms with E-state index in [0.29, 0.717) is 16.5 Å². The van der Waals surface area contributed by atoms with Gasteiger partial charge in [-0.3, -0.25) is 0 Å². The van der Waals surface area contributed by atoms with Crippen LogP contribution in [-0.4, -0.2) is 43.6 Å². The SMILES string of the molecule is FC(F)(F)c1cnc(N[C@H]2CCCNC2)nc1-c1c[nH]c2cc(-n3ccnc3)ccc12. The van der Waals surface area contributed by atoms with Crippen LogP contribution in [0.1, 0.15) is 18.4 Å². The predicted molar refractivity (Wildman–Crippen MR) is 111 cm³/mol. The Morgan fingerprint density at radius 2 is 2.13 bits per heavy atom. The molecule has 1 atom stereocenters. The van der Waals surface area contributed by atoms with Crippen LogP contribution in [0, 0.1) is 0 Å². The summed E-state index contributed by atoms with van der Waals surface area (Å²) in [6.07, 6.45) is 4.89. The van der Waals surface area contributed by atoms with E-state index in [0.717, 1.165) is 37.8 Å². The van der Waals surface area contributed by atoms with Crippen molar-refractivity contribution in [3.63, 3.8) is 0 Å². The lowest BCUT2D eigenvalue weighted by Crippen LogP contribution is -2.38. The molecule has 3 aromatic heterocycles. The third-order valence-corrected chi connectivity index (χ3v) is 5.45. The van der Waals surface area contributed by atoms with Crippen LogP contribution in [0.25, 0.3) is 27.8 Å². The molecular formula is C21H20F3N7. The van der Waals surface area contributed by atoms with E-state index >= 15 is 0 Å². The highest BCUT2D eigenvalue weighted by molar-refractivity contribution is 5.96. The summed E-state index contributed by atoms with van der Waals surface area (Å²) in [5, 5.41) is 7.08. The molecule has 0 unspecified atom stereocenters. The third-order valence-electron chi connectivity index (χ3n) is 5.45. The van der Waals surface area contributed by atoms with Crippen LogP contribution in [0.4, 0.5) is 19.1 Å². The zero-order valence-electron chi connectivity index (χ0n) is 16.4. The van der Waals surface area contributed by atoms with Crippen LogP contribution in [0.2, 0.25) is 0 Å². The van der Waals surface area contributed by atoms with Gasteiger partial charge in [0.25, 0.3) is 0 Å². The number of benzene rings is 1. The van der Waals surface area contributed by atoms with Gasteiger partial charge in [-0.2, -0.15) is 13.2 Å². The molecule has 0 amide bonds. The summed E-state index contributed by atoms with van der Waals surface area (Å²) in [5.74, 6) is 0.195. The second kappa shape index (κ2) is 7.69. The average Bonchev–Trinajstić information content (AvgIpc) is 3.43. The fraction of sp³-hybridized carbons (Fsp3) is 0.286. The summed E-state index contributed by atoms with van der Waals surface area (Å²) in [6, 6.07) is 5.57. The normalized spacial score (nSPS) is 17.2. The van der Waals surface area contributed by atoms with E-state index < -0.39 is 11.7 Å². The van der Waals surface area contributed by atoms with Crippen molar-refractivity contribution in [1.29, 1.82) is 0 Å². The van der Waals surface area contributed by atoms with Gasteiger partial charge in [0.15, 0.2) is 0 Å². The van der Waals surface area contributed by atoms with E-state index in [2.05, 4.69) is 30.6 Å². The monoisotopic (exact) mass is 427 g/mol. The van der Waals surface area contributed by atoms with Crippen molar-refractivity contribution in [2.24, 2.45) is 0 Å². The zero-order valence-corrected chi connectivity index (χ0v) is 16.4. The highest BCUT2D eigenvalue weighted by Crippen LogP contribution is 2.39. The number of fused-ring (bicyclic) bond motifs is 1. The quantitative estimate of drug-likeness (QED) is 0.459. The summed E-state index contributed by atoms with van der Waals surface area (Å²) >= 11 is 0. The first kappa shape index (κ1) is 19.6. The van der Waals surface area contributed by atoms with Crippen molar-refractivity contribution < 1.29 is 13.2 Å². The molecule has 0 aliphatic carbocycles. The molecular weight excluding hydrogens is 407 g/mol. The Labute approximate surface area is 175 Å². The Balaban J connectivity index is 1.57. The van der Waals surface area contributed by atoms with E-state index in [1.54, 1.807) is 31.0 Å². The minimum atomic E-state index is -4.57. The van der Waals surface area contributed by atoms with Gasteiger partial charge in [-0.1, -0.05) is 6.07 Å². The van der Waals surface area contributed by atoms with Crippen LogP contribution in [-0.2, 0) is 6.18 Å². The minimum absolute atomic E-state index is 0.0824. The minimum Gasteiger partial charge on any atom is -0.360 e. The number of nitrogens with one attached hydrogen (secondary N) is 3. The molecule has 1 aliphatic heterocycles. The number of anilines is 1. The van der Waals surface area contributed by atoms with Crippen LogP contribution >= 0.6 is 0 Å². The maximum atomic E-state index is 13.7. The Morgan fingerprint density at radius 3 is 2.87 bits per heavy atom. The van der Waals surface area contributed by atoms with Gasteiger partial charge >= 0.3 is 6.18 Å². The number of imidazole rings is 1. The average molecular weight is 427 g/mol. The van der Waals surface area contributed by atoms with Crippen molar-refractivity contribution in [2.75, 3.05) is 18.4 Å². The van der Waals surface area contributed by atoms with Gasteiger partial charge < -0.3 is 20.2 Å². The number of piperidine rings is 1. The van der Waals surface area contributed by atoms with Gasteiger partial charge in [-0.05, 0) is 31.5 Å². The maximum Gasteiger partial charge on any atom is 0.419 e. The fourth-order valence-electron chi connectivity index (χ4n) is 3.90. The molecule has 0 bridgehead atoms. The zero-order chi connectivity index (χ0) is 21.4. The molecule has 0 saturated carbocycles. The molecule has 1 fully saturated rings.